The number of carbonyl (C=O) groups is 5. The summed E-state index contributed by atoms with van der Waals surface area (Å²) in [7, 11) is 2.74. The number of nitrogens with zero attached hydrogens (tertiary/aromatic N) is 1. The Hall–Kier alpha value is -1.49. The van der Waals surface area contributed by atoms with Crippen LogP contribution in [0.5, 0.6) is 0 Å². The second-order valence-electron chi connectivity index (χ2n) is 15.5. The molecule has 4 aromatic carbocycles. The third kappa shape index (κ3) is 28.8. The molecule has 0 radical (unpaired) electrons. The van der Waals surface area contributed by atoms with Gasteiger partial charge in [0.15, 0.2) is 0 Å². The maximum Gasteiger partial charge on any atom is 1.00 e. The Bertz CT molecular complexity index is 2240. The molecule has 0 fully saturated rings. The van der Waals surface area contributed by atoms with Crippen molar-refractivity contribution in [2.75, 3.05) is 46.9 Å². The van der Waals surface area contributed by atoms with Gasteiger partial charge in [0.2, 0.25) is 0 Å². The molecule has 67 heavy (non-hydrogen) atoms. The van der Waals surface area contributed by atoms with Gasteiger partial charge in [-0.25, -0.2) is 9.59 Å². The number of esters is 2. The Balaban J connectivity index is -0.000000316. The average molecular weight is 1160 g/mol. The summed E-state index contributed by atoms with van der Waals surface area (Å²) in [6, 6.07) is 22.6. The number of alkyl halides is 1. The first-order valence-electron chi connectivity index (χ1n) is 19.5. The number of halogens is 2. The fourth-order valence-corrected chi connectivity index (χ4v) is 5.67. The predicted molar refractivity (Wildman–Crippen MR) is 250 cm³/mol. The molecule has 15 nitrogen and oxygen atoms in total. The molecule has 3 N–H and O–H groups in total. The Kier molecular flexibility index (Phi) is 41.1. The normalized spacial score (nSPS) is 10.6. The first kappa shape index (κ1) is 72.1. The molecular formula is C47H59BrIK2N4NaO11. The molecule has 0 saturated heterocycles. The Morgan fingerprint density at radius 3 is 1.49 bits per heavy atom. The van der Waals surface area contributed by atoms with E-state index in [-0.39, 0.29) is 201 Å². The molecule has 0 unspecified atom stereocenters. The number of terminal acetylenes is 2. The zero-order valence-corrected chi connectivity index (χ0v) is 52.8. The van der Waals surface area contributed by atoms with E-state index in [1.165, 1.54) is 14.2 Å². The number of anilines is 4. The van der Waals surface area contributed by atoms with Gasteiger partial charge in [0, 0.05) is 45.0 Å². The van der Waals surface area contributed by atoms with Gasteiger partial charge in [-0.15, -0.1) is 12.8 Å². The molecule has 0 aliphatic rings. The van der Waals surface area contributed by atoms with Crippen molar-refractivity contribution in [3.05, 3.63) is 72.8 Å². The number of methoxy groups -OCH3 is 2. The molecule has 4 rings (SSSR count). The number of hydrogen-bond acceptors (Lipinski definition) is 13. The van der Waals surface area contributed by atoms with Gasteiger partial charge < -0.3 is 64.7 Å². The molecular weight excluding hydrogens is 1100 g/mol. The first-order chi connectivity index (χ1) is 29.7. The molecule has 0 heterocycles. The van der Waals surface area contributed by atoms with Crippen LogP contribution >= 0.6 is 15.9 Å². The second-order valence-corrected chi connectivity index (χ2v) is 16.0. The first-order valence-corrected chi connectivity index (χ1v) is 20.7. The number of benzene rings is 4. The van der Waals surface area contributed by atoms with Gasteiger partial charge in [-0.2, -0.15) is 0 Å². The number of hydrogen-bond donors (Lipinski definition) is 3. The van der Waals surface area contributed by atoms with Crippen LogP contribution in [0.3, 0.4) is 0 Å². The van der Waals surface area contributed by atoms with Gasteiger partial charge in [-0.3, -0.25) is 25.0 Å². The molecule has 2 amide bonds. The van der Waals surface area contributed by atoms with Crippen molar-refractivity contribution in [1.29, 1.82) is 0 Å². The summed E-state index contributed by atoms with van der Waals surface area (Å²) in [6.45, 7) is 14.9. The summed E-state index contributed by atoms with van der Waals surface area (Å²) in [5.74, 6) is 4.44. The van der Waals surface area contributed by atoms with E-state index in [0.29, 0.717) is 23.2 Å². The molecule has 0 saturated carbocycles. The van der Waals surface area contributed by atoms with E-state index in [2.05, 4.69) is 48.6 Å². The van der Waals surface area contributed by atoms with Gasteiger partial charge in [0.05, 0.1) is 50.3 Å². The van der Waals surface area contributed by atoms with E-state index in [1.807, 2.05) is 133 Å². The third-order valence-corrected chi connectivity index (χ3v) is 8.43. The van der Waals surface area contributed by atoms with Crippen molar-refractivity contribution >= 4 is 90.8 Å². The maximum atomic E-state index is 12.2. The monoisotopic (exact) mass is 1160 g/mol. The van der Waals surface area contributed by atoms with Crippen molar-refractivity contribution in [2.45, 2.75) is 91.5 Å². The van der Waals surface area contributed by atoms with Crippen LogP contribution in [0.15, 0.2) is 72.8 Å². The molecule has 0 aromatic heterocycles. The Labute approximate surface area is 529 Å². The molecule has 0 spiro atoms. The summed E-state index contributed by atoms with van der Waals surface area (Å²) in [6.07, 6.45) is 9.78. The standard InChI is InChI=1S/C23H28N2O4.C20H26N2O4.C3H3Br.CH2O3.HI.2K.Na.H/c1-7-14-25(16(2)15-21(26)28-6)20-13-12-19(17-10-8-9-11-18(17)20)24-22(27)29-23(3,4)5;1-13(12-18(23)25-5)21-16-10-11-17(15-9-7-6-8-14(15)16)22-19(24)26-20(2,3)4;1-2-3-4;2-1-4-3;;;;;/h1,8-13,16H,14-15H2,2-6H3,(H,24,27);6-11,13,21H,12H2,1-5H3,(H,22,24);1H,3H2;1,3H;1H;;;;/q;;;;;3*+1;-1/p-2/t16-;13-;;;;;;;/m00......./s1. The summed E-state index contributed by atoms with van der Waals surface area (Å²) < 4.78 is 20.2. The van der Waals surface area contributed by atoms with Crippen LogP contribution in [0.25, 0.3) is 21.5 Å². The number of fused-ring (bicyclic) bond motifs is 2. The van der Waals surface area contributed by atoms with Gasteiger partial charge in [-0.05, 0) is 79.7 Å². The summed E-state index contributed by atoms with van der Waals surface area (Å²) in [5.41, 5.74) is 1.91. The van der Waals surface area contributed by atoms with Crippen LogP contribution in [-0.4, -0.2) is 80.0 Å². The van der Waals surface area contributed by atoms with Crippen LogP contribution in [-0.2, 0) is 38.2 Å². The minimum absolute atomic E-state index is 0. The van der Waals surface area contributed by atoms with Crippen LogP contribution in [0.1, 0.15) is 69.7 Å². The second kappa shape index (κ2) is 38.2. The SMILES string of the molecule is C#CCBr.C#CCN(c1ccc(NC(=O)OC(C)(C)C)c2ccccc12)[C@@H](C)CC(=O)OC.COC(=O)C[C@H](C)Nc1ccc(NC(=O)OC(C)(C)C)c2ccccc12.O=CO[O-].[H-].[I-].[K+].[K+].[Na+]. The number of carbonyl (C=O) groups excluding carboxylic acids is 5. The number of amides is 2. The van der Waals surface area contributed by atoms with Crippen LogP contribution in [0.4, 0.5) is 32.3 Å². The molecule has 0 aliphatic heterocycles. The zero-order chi connectivity index (χ0) is 47.8. The van der Waals surface area contributed by atoms with E-state index in [1.54, 1.807) is 0 Å². The summed E-state index contributed by atoms with van der Waals surface area (Å²) in [5, 5.41) is 21.6. The summed E-state index contributed by atoms with van der Waals surface area (Å²) >= 11 is 3.01. The zero-order valence-electron chi connectivity index (χ0n) is 41.8. The quantitative estimate of drug-likeness (QED) is 0.0147. The number of ether oxygens (including phenoxy) is 4. The average Bonchev–Trinajstić information content (AvgIpc) is 3.22. The minimum atomic E-state index is -0.591. The maximum absolute atomic E-state index is 12.2. The van der Waals surface area contributed by atoms with Crippen molar-refractivity contribution in [3.63, 3.8) is 0 Å². The van der Waals surface area contributed by atoms with E-state index >= 15 is 0 Å². The molecule has 20 heteroatoms. The van der Waals surface area contributed by atoms with Crippen molar-refractivity contribution < 1.29 is 211 Å². The van der Waals surface area contributed by atoms with Gasteiger partial charge in [0.25, 0.3) is 6.47 Å². The van der Waals surface area contributed by atoms with E-state index in [9.17, 15) is 19.2 Å². The van der Waals surface area contributed by atoms with E-state index in [4.69, 9.17) is 41.8 Å². The largest absolute Gasteiger partial charge is 1.00 e. The third-order valence-electron chi connectivity index (χ3n) is 8.11. The number of nitrogens with one attached hydrogen (secondary N) is 3. The van der Waals surface area contributed by atoms with Crippen molar-refractivity contribution in [2.24, 2.45) is 0 Å². The fraction of sp³-hybridized carbons (Fsp3) is 0.383. The van der Waals surface area contributed by atoms with Crippen molar-refractivity contribution in [1.82, 2.24) is 0 Å². The van der Waals surface area contributed by atoms with E-state index < -0.39 is 23.4 Å². The molecule has 0 bridgehead atoms. The van der Waals surface area contributed by atoms with Crippen LogP contribution in [0, 0.1) is 24.7 Å². The molecule has 4 aromatic rings. The van der Waals surface area contributed by atoms with E-state index in [0.717, 1.165) is 32.9 Å². The van der Waals surface area contributed by atoms with Crippen LogP contribution in [0.2, 0.25) is 0 Å². The fourth-order valence-electron chi connectivity index (χ4n) is 5.67. The Morgan fingerprint density at radius 2 is 1.10 bits per heavy atom. The van der Waals surface area contributed by atoms with Gasteiger partial charge in [0.1, 0.15) is 11.2 Å². The van der Waals surface area contributed by atoms with Gasteiger partial charge >= 0.3 is 156 Å². The Morgan fingerprint density at radius 1 is 0.731 bits per heavy atom. The predicted octanol–water partition coefficient (Wildman–Crippen LogP) is -3.29. The molecule has 350 valence electrons. The topological polar surface area (TPSA) is 194 Å². The number of rotatable bonds is 12. The van der Waals surface area contributed by atoms with Gasteiger partial charge in [-0.1, -0.05) is 76.3 Å². The minimum Gasteiger partial charge on any atom is -1.00 e. The smallest absolute Gasteiger partial charge is 1.00 e. The van der Waals surface area contributed by atoms with Crippen LogP contribution < -0.4 is 182 Å². The molecule has 0 aliphatic carbocycles. The molecule has 2 atom stereocenters. The summed E-state index contributed by atoms with van der Waals surface area (Å²) in [4.78, 5) is 60.8. The van der Waals surface area contributed by atoms with Crippen molar-refractivity contribution in [3.8, 4) is 24.7 Å².